The van der Waals surface area contributed by atoms with Crippen LogP contribution in [-0.4, -0.2) is 22.1 Å². The Kier molecular flexibility index (Phi) is 5.89. The number of ether oxygens (including phenoxy) is 1. The van der Waals surface area contributed by atoms with Crippen LogP contribution in [0, 0.1) is 16.0 Å². The number of aryl methyl sites for hydroxylation is 1. The van der Waals surface area contributed by atoms with Gasteiger partial charge in [0.25, 0.3) is 0 Å². The molecular formula is C25H25NO5. The molecule has 0 unspecified atom stereocenters. The lowest BCUT2D eigenvalue weighted by molar-refractivity contribution is -0.386. The molecule has 0 saturated heterocycles. The minimum atomic E-state index is -0.935. The number of carboxylic acids is 1. The number of fused-ring (bicyclic) bond motifs is 1. The minimum absolute atomic E-state index is 0.0669. The minimum Gasteiger partial charge on any atom is -0.483 e. The Morgan fingerprint density at radius 2 is 1.90 bits per heavy atom. The second-order valence-electron chi connectivity index (χ2n) is 8.27. The molecule has 31 heavy (non-hydrogen) atoms. The van der Waals surface area contributed by atoms with Crippen molar-refractivity contribution in [3.8, 4) is 16.9 Å². The predicted octanol–water partition coefficient (Wildman–Crippen LogP) is 6.00. The molecule has 1 N–H and O–H groups in total. The van der Waals surface area contributed by atoms with Crippen LogP contribution in [0.5, 0.6) is 5.75 Å². The number of nitro groups is 1. The molecule has 0 bridgehead atoms. The van der Waals surface area contributed by atoms with Gasteiger partial charge >= 0.3 is 11.7 Å². The number of carbonyl (C=O) groups is 1. The Hall–Kier alpha value is -3.41. The highest BCUT2D eigenvalue weighted by atomic mass is 16.6. The Bertz CT molecular complexity index is 1140. The Morgan fingerprint density at radius 3 is 2.58 bits per heavy atom. The zero-order valence-electron chi connectivity index (χ0n) is 17.4. The van der Waals surface area contributed by atoms with Crippen molar-refractivity contribution in [1.29, 1.82) is 0 Å². The summed E-state index contributed by atoms with van der Waals surface area (Å²) in [5, 5.41) is 23.2. The van der Waals surface area contributed by atoms with E-state index in [4.69, 9.17) is 9.84 Å². The van der Waals surface area contributed by atoms with Crippen LogP contribution in [0.15, 0.2) is 54.6 Å². The van der Waals surface area contributed by atoms with Gasteiger partial charge in [-0.2, -0.15) is 0 Å². The molecule has 2 atom stereocenters. The molecule has 1 fully saturated rings. The molecule has 160 valence electrons. The van der Waals surface area contributed by atoms with E-state index >= 15 is 0 Å². The van der Waals surface area contributed by atoms with Gasteiger partial charge in [-0.25, -0.2) is 0 Å². The largest absolute Gasteiger partial charge is 0.483 e. The molecule has 0 spiro atoms. The first kappa shape index (κ1) is 20.8. The average Bonchev–Trinajstić information content (AvgIpc) is 3.16. The fourth-order valence-corrected chi connectivity index (χ4v) is 4.34. The monoisotopic (exact) mass is 419 g/mol. The summed E-state index contributed by atoms with van der Waals surface area (Å²) in [7, 11) is 0. The van der Waals surface area contributed by atoms with Gasteiger partial charge < -0.3 is 9.84 Å². The lowest BCUT2D eigenvalue weighted by atomic mass is 9.96. The SMILES string of the molecule is C[C@H]1CCC[C@H]1Oc1c(-c2ccc3ccccc3c2)cc(CCC(=O)O)cc1[N+](=O)[O-]. The van der Waals surface area contributed by atoms with Crippen LogP contribution in [-0.2, 0) is 11.2 Å². The van der Waals surface area contributed by atoms with Gasteiger partial charge in [0.1, 0.15) is 6.10 Å². The van der Waals surface area contributed by atoms with Gasteiger partial charge in [0.2, 0.25) is 5.75 Å². The van der Waals surface area contributed by atoms with Gasteiger partial charge in [-0.1, -0.05) is 43.3 Å². The molecule has 0 amide bonds. The Balaban J connectivity index is 1.87. The lowest BCUT2D eigenvalue weighted by Crippen LogP contribution is -2.20. The predicted molar refractivity (Wildman–Crippen MR) is 119 cm³/mol. The average molecular weight is 419 g/mol. The molecule has 4 rings (SSSR count). The number of rotatable bonds is 7. The first-order chi connectivity index (χ1) is 14.9. The van der Waals surface area contributed by atoms with Crippen LogP contribution < -0.4 is 4.74 Å². The van der Waals surface area contributed by atoms with Crippen LogP contribution in [0.3, 0.4) is 0 Å². The third kappa shape index (κ3) is 4.53. The van der Waals surface area contributed by atoms with Crippen LogP contribution in [0.1, 0.15) is 38.2 Å². The fourth-order valence-electron chi connectivity index (χ4n) is 4.34. The summed E-state index contributed by atoms with van der Waals surface area (Å²) in [5.74, 6) is -0.330. The van der Waals surface area contributed by atoms with Crippen LogP contribution in [0.25, 0.3) is 21.9 Å². The van der Waals surface area contributed by atoms with Crippen molar-refractivity contribution in [2.24, 2.45) is 5.92 Å². The van der Waals surface area contributed by atoms with Crippen molar-refractivity contribution in [3.63, 3.8) is 0 Å². The molecule has 0 aromatic heterocycles. The van der Waals surface area contributed by atoms with Gasteiger partial charge in [0, 0.05) is 18.1 Å². The lowest BCUT2D eigenvalue weighted by Gasteiger charge is -2.21. The number of aliphatic carboxylic acids is 1. The summed E-state index contributed by atoms with van der Waals surface area (Å²) >= 11 is 0. The number of benzene rings is 3. The number of carboxylic acid groups (broad SMARTS) is 1. The highest BCUT2D eigenvalue weighted by Crippen LogP contribution is 2.43. The van der Waals surface area contributed by atoms with E-state index in [1.807, 2.05) is 48.5 Å². The molecule has 1 aliphatic carbocycles. The summed E-state index contributed by atoms with van der Waals surface area (Å²) < 4.78 is 6.30. The third-order valence-electron chi connectivity index (χ3n) is 6.07. The fraction of sp³-hybridized carbons (Fsp3) is 0.320. The van der Waals surface area contributed by atoms with Crippen molar-refractivity contribution in [3.05, 3.63) is 70.3 Å². The first-order valence-corrected chi connectivity index (χ1v) is 10.6. The van der Waals surface area contributed by atoms with Gasteiger partial charge in [0.05, 0.1) is 4.92 Å². The van der Waals surface area contributed by atoms with E-state index in [0.29, 0.717) is 17.0 Å². The maximum atomic E-state index is 12.0. The van der Waals surface area contributed by atoms with E-state index < -0.39 is 10.9 Å². The quantitative estimate of drug-likeness (QED) is 0.375. The molecule has 0 heterocycles. The van der Waals surface area contributed by atoms with Gasteiger partial charge in [0.15, 0.2) is 0 Å². The van der Waals surface area contributed by atoms with Crippen molar-refractivity contribution >= 4 is 22.4 Å². The van der Waals surface area contributed by atoms with E-state index in [1.165, 1.54) is 6.07 Å². The summed E-state index contributed by atoms with van der Waals surface area (Å²) in [6, 6.07) is 17.2. The molecule has 0 radical (unpaired) electrons. The topological polar surface area (TPSA) is 89.7 Å². The van der Waals surface area contributed by atoms with Gasteiger partial charge in [-0.05, 0) is 65.6 Å². The molecule has 1 saturated carbocycles. The van der Waals surface area contributed by atoms with E-state index in [-0.39, 0.29) is 30.4 Å². The summed E-state index contributed by atoms with van der Waals surface area (Å²) in [6.45, 7) is 2.11. The molecule has 6 heteroatoms. The Morgan fingerprint density at radius 1 is 1.13 bits per heavy atom. The molecule has 0 aliphatic heterocycles. The smallest absolute Gasteiger partial charge is 0.311 e. The first-order valence-electron chi connectivity index (χ1n) is 10.6. The maximum Gasteiger partial charge on any atom is 0.311 e. The summed E-state index contributed by atoms with van der Waals surface area (Å²) in [5.41, 5.74) is 1.97. The van der Waals surface area contributed by atoms with Crippen molar-refractivity contribution < 1.29 is 19.6 Å². The molecule has 1 aliphatic rings. The van der Waals surface area contributed by atoms with E-state index in [0.717, 1.165) is 35.6 Å². The van der Waals surface area contributed by atoms with Crippen LogP contribution in [0.4, 0.5) is 5.69 Å². The number of hydrogen-bond acceptors (Lipinski definition) is 4. The summed E-state index contributed by atoms with van der Waals surface area (Å²) in [6.07, 6.45) is 3.02. The van der Waals surface area contributed by atoms with E-state index in [2.05, 4.69) is 6.92 Å². The molecule has 3 aromatic rings. The highest BCUT2D eigenvalue weighted by Gasteiger charge is 2.30. The zero-order chi connectivity index (χ0) is 22.0. The summed E-state index contributed by atoms with van der Waals surface area (Å²) in [4.78, 5) is 22.6. The highest BCUT2D eigenvalue weighted by molar-refractivity contribution is 5.89. The zero-order valence-corrected chi connectivity index (χ0v) is 17.4. The van der Waals surface area contributed by atoms with Crippen molar-refractivity contribution in [2.45, 2.75) is 45.1 Å². The number of nitro benzene ring substituents is 1. The second-order valence-corrected chi connectivity index (χ2v) is 8.27. The normalized spacial score (nSPS) is 18.2. The second kappa shape index (κ2) is 8.76. The molecule has 6 nitrogen and oxygen atoms in total. The van der Waals surface area contributed by atoms with Crippen molar-refractivity contribution in [1.82, 2.24) is 0 Å². The number of nitrogens with zero attached hydrogens (tertiary/aromatic N) is 1. The van der Waals surface area contributed by atoms with Crippen molar-refractivity contribution in [2.75, 3.05) is 0 Å². The van der Waals surface area contributed by atoms with Crippen LogP contribution in [0.2, 0.25) is 0 Å². The molecular weight excluding hydrogens is 394 g/mol. The van der Waals surface area contributed by atoms with Gasteiger partial charge in [-0.15, -0.1) is 0 Å². The molecule has 3 aromatic carbocycles. The standard InChI is InChI=1S/C25H25NO5/c1-16-5-4-8-23(16)31-25-21(20-11-10-18-6-2-3-7-19(18)15-20)13-17(9-12-24(27)28)14-22(25)26(29)30/h2-3,6-7,10-11,13-16,23H,4-5,8-9,12H2,1H3,(H,27,28)/t16-,23+/m0/s1. The van der Waals surface area contributed by atoms with Gasteiger partial charge in [-0.3, -0.25) is 14.9 Å². The van der Waals surface area contributed by atoms with Crippen LogP contribution >= 0.6 is 0 Å². The van der Waals surface area contributed by atoms with E-state index in [1.54, 1.807) is 0 Å². The Labute approximate surface area is 180 Å². The van der Waals surface area contributed by atoms with E-state index in [9.17, 15) is 14.9 Å². The maximum absolute atomic E-state index is 12.0. The third-order valence-corrected chi connectivity index (χ3v) is 6.07. The number of hydrogen-bond donors (Lipinski definition) is 1.